The summed E-state index contributed by atoms with van der Waals surface area (Å²) in [7, 11) is 0. The summed E-state index contributed by atoms with van der Waals surface area (Å²) in [6, 6.07) is 12.9. The Bertz CT molecular complexity index is 722. The van der Waals surface area contributed by atoms with Crippen LogP contribution in [0.15, 0.2) is 36.4 Å². The highest BCUT2D eigenvalue weighted by atomic mass is 19.1. The van der Waals surface area contributed by atoms with E-state index in [9.17, 15) is 9.18 Å². The first-order valence-electron chi connectivity index (χ1n) is 6.80. The average Bonchev–Trinajstić information content (AvgIpc) is 2.56. The molecule has 6 heteroatoms. The molecular formula is C17H13FNO4. The van der Waals surface area contributed by atoms with Gasteiger partial charge in [0, 0.05) is 6.07 Å². The number of hydrogen-bond acceptors (Lipinski definition) is 5. The van der Waals surface area contributed by atoms with Gasteiger partial charge in [-0.1, -0.05) is 0 Å². The van der Waals surface area contributed by atoms with Gasteiger partial charge in [0.1, 0.15) is 29.1 Å². The topological polar surface area (TPSA) is 68.6 Å². The van der Waals surface area contributed by atoms with E-state index in [1.54, 1.807) is 31.2 Å². The Morgan fingerprint density at radius 2 is 2.00 bits per heavy atom. The Labute approximate surface area is 132 Å². The third-order valence-corrected chi connectivity index (χ3v) is 2.71. The van der Waals surface area contributed by atoms with Crippen LogP contribution in [0, 0.1) is 23.2 Å². The van der Waals surface area contributed by atoms with E-state index in [0.29, 0.717) is 18.1 Å². The lowest BCUT2D eigenvalue weighted by atomic mass is 10.2. The standard InChI is InChI=1S/C17H13FNO4/c1-2-21-17(20)11-22-14-4-6-15(7-5-14)23-16-8-3-13(18)9-12(16)10-19/h4-9H,2,11H2,1H3. The fraction of sp³-hybridized carbons (Fsp3) is 0.176. The van der Waals surface area contributed by atoms with Gasteiger partial charge in [0.2, 0.25) is 0 Å². The summed E-state index contributed by atoms with van der Waals surface area (Å²) in [5, 5.41) is 8.96. The number of nitrogens with zero attached hydrogens (tertiary/aromatic N) is 1. The largest absolute Gasteiger partial charge is 0.482 e. The summed E-state index contributed by atoms with van der Waals surface area (Å²) < 4.78 is 28.5. The van der Waals surface area contributed by atoms with Crippen LogP contribution in [0.5, 0.6) is 17.2 Å². The van der Waals surface area contributed by atoms with Crippen LogP contribution in [0.3, 0.4) is 0 Å². The summed E-state index contributed by atoms with van der Waals surface area (Å²) in [5.74, 6) is 0.0283. The second-order valence-corrected chi connectivity index (χ2v) is 4.34. The molecule has 2 rings (SSSR count). The normalized spacial score (nSPS) is 9.78. The molecule has 0 fully saturated rings. The van der Waals surface area contributed by atoms with E-state index < -0.39 is 11.8 Å². The third-order valence-electron chi connectivity index (χ3n) is 2.71. The van der Waals surface area contributed by atoms with Crippen LogP contribution in [-0.4, -0.2) is 19.2 Å². The predicted molar refractivity (Wildman–Crippen MR) is 78.6 cm³/mol. The Hall–Kier alpha value is -3.07. The highest BCUT2D eigenvalue weighted by molar-refractivity contribution is 5.71. The van der Waals surface area contributed by atoms with E-state index in [1.165, 1.54) is 6.07 Å². The number of nitriles is 1. The second kappa shape index (κ2) is 7.80. The number of hydrogen-bond donors (Lipinski definition) is 0. The van der Waals surface area contributed by atoms with Crippen molar-refractivity contribution in [3.05, 3.63) is 53.8 Å². The quantitative estimate of drug-likeness (QED) is 0.766. The zero-order valence-electron chi connectivity index (χ0n) is 12.3. The van der Waals surface area contributed by atoms with Gasteiger partial charge in [-0.15, -0.1) is 0 Å². The van der Waals surface area contributed by atoms with E-state index in [0.717, 1.165) is 6.07 Å². The number of esters is 1. The zero-order valence-corrected chi connectivity index (χ0v) is 12.3. The van der Waals surface area contributed by atoms with Gasteiger partial charge in [0.15, 0.2) is 6.61 Å². The van der Waals surface area contributed by atoms with Crippen molar-refractivity contribution in [2.75, 3.05) is 13.2 Å². The zero-order chi connectivity index (χ0) is 16.7. The maximum absolute atomic E-state index is 13.0. The van der Waals surface area contributed by atoms with Crippen LogP contribution in [0.1, 0.15) is 12.5 Å². The van der Waals surface area contributed by atoms with Crippen molar-refractivity contribution in [1.82, 2.24) is 0 Å². The summed E-state index contributed by atoms with van der Waals surface area (Å²) in [4.78, 5) is 11.2. The number of halogens is 1. The van der Waals surface area contributed by atoms with E-state index in [1.807, 2.05) is 6.07 Å². The number of ether oxygens (including phenoxy) is 3. The molecule has 0 saturated carbocycles. The minimum atomic E-state index is -0.628. The molecule has 2 aromatic carbocycles. The molecule has 0 N–H and O–H groups in total. The van der Waals surface area contributed by atoms with Gasteiger partial charge in [-0.05, 0) is 43.3 Å². The van der Waals surface area contributed by atoms with E-state index in [2.05, 4.69) is 6.07 Å². The van der Waals surface area contributed by atoms with Crippen LogP contribution in [0.25, 0.3) is 0 Å². The van der Waals surface area contributed by atoms with Gasteiger partial charge >= 0.3 is 5.97 Å². The molecule has 23 heavy (non-hydrogen) atoms. The molecule has 0 aliphatic rings. The van der Waals surface area contributed by atoms with Crippen LogP contribution < -0.4 is 9.47 Å². The van der Waals surface area contributed by atoms with Crippen LogP contribution in [0.4, 0.5) is 4.39 Å². The molecular weight excluding hydrogens is 301 g/mol. The van der Waals surface area contributed by atoms with Crippen LogP contribution >= 0.6 is 0 Å². The van der Waals surface area contributed by atoms with Gasteiger partial charge in [-0.25, -0.2) is 9.18 Å². The van der Waals surface area contributed by atoms with Gasteiger partial charge in [0.05, 0.1) is 12.2 Å². The third kappa shape index (κ3) is 4.71. The first-order chi connectivity index (χ1) is 11.1. The first-order valence-corrected chi connectivity index (χ1v) is 6.80. The maximum atomic E-state index is 13.0. The lowest BCUT2D eigenvalue weighted by Gasteiger charge is -2.09. The Morgan fingerprint density at radius 1 is 1.30 bits per heavy atom. The molecule has 0 unspecified atom stereocenters. The number of carbonyl (C=O) groups is 1. The fourth-order valence-corrected chi connectivity index (χ4v) is 1.70. The molecule has 0 bridgehead atoms. The maximum Gasteiger partial charge on any atom is 0.344 e. The Kier molecular flexibility index (Phi) is 5.53. The number of benzene rings is 2. The van der Waals surface area contributed by atoms with E-state index in [4.69, 9.17) is 19.5 Å². The van der Waals surface area contributed by atoms with Gasteiger partial charge < -0.3 is 14.2 Å². The number of rotatable bonds is 6. The predicted octanol–water partition coefficient (Wildman–Crippen LogP) is 3.23. The molecule has 5 nitrogen and oxygen atoms in total. The van der Waals surface area contributed by atoms with Crippen molar-refractivity contribution in [1.29, 1.82) is 5.26 Å². The summed E-state index contributed by atoms with van der Waals surface area (Å²) in [5.41, 5.74) is 0.0730. The smallest absolute Gasteiger partial charge is 0.344 e. The summed E-state index contributed by atoms with van der Waals surface area (Å²) >= 11 is 0. The van der Waals surface area contributed by atoms with Crippen molar-refractivity contribution >= 4 is 5.97 Å². The van der Waals surface area contributed by atoms with Crippen molar-refractivity contribution in [3.8, 4) is 23.3 Å². The second-order valence-electron chi connectivity index (χ2n) is 4.34. The summed E-state index contributed by atoms with van der Waals surface area (Å²) in [6.07, 6.45) is 0. The molecule has 117 valence electrons. The molecule has 0 spiro atoms. The molecule has 0 saturated heterocycles. The van der Waals surface area contributed by atoms with Gasteiger partial charge in [-0.2, -0.15) is 5.26 Å². The average molecular weight is 314 g/mol. The highest BCUT2D eigenvalue weighted by Gasteiger charge is 2.07. The van der Waals surface area contributed by atoms with Crippen LogP contribution in [0.2, 0.25) is 0 Å². The van der Waals surface area contributed by atoms with Crippen molar-refractivity contribution in [2.24, 2.45) is 0 Å². The van der Waals surface area contributed by atoms with E-state index in [-0.39, 0.29) is 17.9 Å². The monoisotopic (exact) mass is 314 g/mol. The Balaban J connectivity index is 2.00. The molecule has 0 heterocycles. The molecule has 1 radical (unpaired) electrons. The highest BCUT2D eigenvalue weighted by Crippen LogP contribution is 2.26. The molecule has 0 aliphatic carbocycles. The lowest BCUT2D eigenvalue weighted by molar-refractivity contribution is -0.145. The molecule has 0 amide bonds. The lowest BCUT2D eigenvalue weighted by Crippen LogP contribution is -2.14. The summed E-state index contributed by atoms with van der Waals surface area (Å²) in [6.45, 7) is 1.83. The molecule has 2 aromatic rings. The van der Waals surface area contributed by atoms with Crippen LogP contribution in [-0.2, 0) is 9.53 Å². The first kappa shape index (κ1) is 16.3. The molecule has 0 atom stereocenters. The van der Waals surface area contributed by atoms with Crippen molar-refractivity contribution in [3.63, 3.8) is 0 Å². The van der Waals surface area contributed by atoms with Crippen molar-refractivity contribution < 1.29 is 23.4 Å². The van der Waals surface area contributed by atoms with Crippen molar-refractivity contribution in [2.45, 2.75) is 6.92 Å². The minimum absolute atomic E-state index is 0.0730. The molecule has 0 aliphatic heterocycles. The van der Waals surface area contributed by atoms with Gasteiger partial charge in [0.25, 0.3) is 0 Å². The fourth-order valence-electron chi connectivity index (χ4n) is 1.70. The molecule has 0 aromatic heterocycles. The SMILES string of the molecule is CCOC(=O)COc1ccc(Oc2c[c]c(F)cc2C#N)cc1. The number of carbonyl (C=O) groups excluding carboxylic acids is 1. The van der Waals surface area contributed by atoms with Gasteiger partial charge in [-0.3, -0.25) is 0 Å². The Morgan fingerprint density at radius 3 is 2.65 bits per heavy atom. The van der Waals surface area contributed by atoms with E-state index >= 15 is 0 Å². The minimum Gasteiger partial charge on any atom is -0.482 e.